The fourth-order valence-electron chi connectivity index (χ4n) is 5.64. The van der Waals surface area contributed by atoms with Crippen molar-refractivity contribution < 1.29 is 27.8 Å². The van der Waals surface area contributed by atoms with Crippen LogP contribution in [0.15, 0.2) is 24.3 Å². The van der Waals surface area contributed by atoms with E-state index in [4.69, 9.17) is 4.74 Å². The summed E-state index contributed by atoms with van der Waals surface area (Å²) in [6.07, 6.45) is 2.40. The van der Waals surface area contributed by atoms with Gasteiger partial charge in [0.05, 0.1) is 11.5 Å². The van der Waals surface area contributed by atoms with Crippen LogP contribution in [0.25, 0.3) is 0 Å². The summed E-state index contributed by atoms with van der Waals surface area (Å²) in [6.45, 7) is 8.56. The summed E-state index contributed by atoms with van der Waals surface area (Å²) in [6, 6.07) is 5.79. The minimum absolute atomic E-state index is 0.00914. The number of carbonyl (C=O) groups is 1. The van der Waals surface area contributed by atoms with E-state index in [0.29, 0.717) is 24.3 Å². The van der Waals surface area contributed by atoms with Gasteiger partial charge < -0.3 is 9.84 Å². The lowest BCUT2D eigenvalue weighted by Gasteiger charge is -2.46. The number of carboxylic acid groups (broad SMARTS) is 1. The van der Waals surface area contributed by atoms with E-state index in [-0.39, 0.29) is 12.0 Å². The van der Waals surface area contributed by atoms with Gasteiger partial charge >= 0.3 is 12.1 Å². The van der Waals surface area contributed by atoms with Gasteiger partial charge in [-0.2, -0.15) is 13.2 Å². The molecule has 1 unspecified atom stereocenters. The van der Waals surface area contributed by atoms with Gasteiger partial charge in [0.15, 0.2) is 0 Å². The molecule has 192 valence electrons. The first-order valence-corrected chi connectivity index (χ1v) is 12.8. The van der Waals surface area contributed by atoms with Crippen LogP contribution in [0, 0.1) is 23.7 Å². The summed E-state index contributed by atoms with van der Waals surface area (Å²) in [5.41, 5.74) is 0.212. The molecule has 2 aliphatic rings. The van der Waals surface area contributed by atoms with Crippen molar-refractivity contribution in [1.29, 1.82) is 0 Å². The van der Waals surface area contributed by atoms with E-state index in [2.05, 4.69) is 18.7 Å². The second kappa shape index (κ2) is 11.9. The number of hydrogen-bond acceptors (Lipinski definition) is 3. The first-order chi connectivity index (χ1) is 16.1. The molecule has 0 spiro atoms. The molecule has 2 fully saturated rings. The Balaban J connectivity index is 1.88. The van der Waals surface area contributed by atoms with Gasteiger partial charge in [-0.3, -0.25) is 9.69 Å². The molecule has 1 N–H and O–H groups in total. The van der Waals surface area contributed by atoms with Crippen LogP contribution >= 0.6 is 0 Å². The number of carboxylic acids is 1. The molecule has 1 aromatic rings. The normalized spacial score (nSPS) is 24.8. The highest BCUT2D eigenvalue weighted by atomic mass is 19.4. The molecular formula is C27H40F3NO3. The second-order valence-electron chi connectivity index (χ2n) is 10.7. The van der Waals surface area contributed by atoms with Crippen molar-refractivity contribution in [1.82, 2.24) is 4.90 Å². The molecule has 1 aromatic carbocycles. The molecule has 0 bridgehead atoms. The van der Waals surface area contributed by atoms with Crippen LogP contribution in [0.1, 0.15) is 82.9 Å². The summed E-state index contributed by atoms with van der Waals surface area (Å²) >= 11 is 0. The van der Waals surface area contributed by atoms with Gasteiger partial charge in [-0.25, -0.2) is 0 Å². The summed E-state index contributed by atoms with van der Waals surface area (Å²) in [4.78, 5) is 14.2. The maximum absolute atomic E-state index is 13.2. The summed E-state index contributed by atoms with van der Waals surface area (Å²) in [5.74, 6) is -0.0946. The molecule has 7 heteroatoms. The van der Waals surface area contributed by atoms with Crippen molar-refractivity contribution in [3.8, 4) is 0 Å². The Morgan fingerprint density at radius 3 is 2.29 bits per heavy atom. The average Bonchev–Trinajstić information content (AvgIpc) is 2.81. The monoisotopic (exact) mass is 483 g/mol. The minimum atomic E-state index is -4.37. The quantitative estimate of drug-likeness (QED) is 0.420. The predicted octanol–water partition coefficient (Wildman–Crippen LogP) is 6.80. The zero-order chi connectivity index (χ0) is 24.9. The van der Waals surface area contributed by atoms with Crippen LogP contribution in [0.2, 0.25) is 0 Å². The minimum Gasteiger partial charge on any atom is -0.481 e. The highest BCUT2D eigenvalue weighted by molar-refractivity contribution is 5.69. The number of hydrogen-bond donors (Lipinski definition) is 1. The summed E-state index contributed by atoms with van der Waals surface area (Å²) in [5, 5.41) is 9.60. The molecule has 0 saturated carbocycles. The van der Waals surface area contributed by atoms with Gasteiger partial charge in [-0.05, 0) is 86.9 Å². The first-order valence-electron chi connectivity index (χ1n) is 12.8. The second-order valence-corrected chi connectivity index (χ2v) is 10.7. The predicted molar refractivity (Wildman–Crippen MR) is 126 cm³/mol. The Labute approximate surface area is 201 Å². The Bertz CT molecular complexity index is 774. The number of nitrogens with zero attached hydrogens (tertiary/aromatic N) is 1. The number of halogens is 3. The smallest absolute Gasteiger partial charge is 0.416 e. The molecule has 0 aliphatic carbocycles. The fourth-order valence-corrected chi connectivity index (χ4v) is 5.64. The third kappa shape index (κ3) is 7.20. The van der Waals surface area contributed by atoms with Crippen LogP contribution < -0.4 is 0 Å². The molecule has 2 aliphatic heterocycles. The van der Waals surface area contributed by atoms with Gasteiger partial charge in [0.25, 0.3) is 0 Å². The molecule has 2 heterocycles. The zero-order valence-electron chi connectivity index (χ0n) is 20.7. The van der Waals surface area contributed by atoms with Gasteiger partial charge in [-0.15, -0.1) is 0 Å². The van der Waals surface area contributed by atoms with Crippen molar-refractivity contribution in [3.63, 3.8) is 0 Å². The van der Waals surface area contributed by atoms with Crippen molar-refractivity contribution in [3.05, 3.63) is 35.4 Å². The Morgan fingerprint density at radius 2 is 1.74 bits per heavy atom. The largest absolute Gasteiger partial charge is 0.481 e. The number of alkyl halides is 3. The topological polar surface area (TPSA) is 49.8 Å². The highest BCUT2D eigenvalue weighted by Crippen LogP contribution is 2.42. The number of ether oxygens (including phenoxy) is 1. The highest BCUT2D eigenvalue weighted by Gasteiger charge is 2.38. The lowest BCUT2D eigenvalue weighted by Crippen LogP contribution is -2.46. The first kappa shape index (κ1) is 27.0. The van der Waals surface area contributed by atoms with Crippen LogP contribution in [0.5, 0.6) is 0 Å². The molecule has 4 nitrogen and oxygen atoms in total. The van der Waals surface area contributed by atoms with E-state index < -0.39 is 23.6 Å². The van der Waals surface area contributed by atoms with Crippen molar-refractivity contribution >= 4 is 5.97 Å². The molecule has 34 heavy (non-hydrogen) atoms. The van der Waals surface area contributed by atoms with Crippen molar-refractivity contribution in [2.45, 2.75) is 84.0 Å². The van der Waals surface area contributed by atoms with Crippen LogP contribution in [0.3, 0.4) is 0 Å². The molecule has 3 rings (SSSR count). The molecular weight excluding hydrogens is 443 g/mol. The average molecular weight is 484 g/mol. The van der Waals surface area contributed by atoms with Gasteiger partial charge in [0.2, 0.25) is 0 Å². The van der Waals surface area contributed by atoms with Crippen LogP contribution in [-0.4, -0.2) is 41.8 Å². The fraction of sp³-hybridized carbons (Fsp3) is 0.741. The van der Waals surface area contributed by atoms with Crippen molar-refractivity contribution in [2.75, 3.05) is 19.8 Å². The Hall–Kier alpha value is -1.60. The van der Waals surface area contributed by atoms with Gasteiger partial charge in [0, 0.05) is 25.3 Å². The maximum Gasteiger partial charge on any atom is 0.416 e. The summed E-state index contributed by atoms with van der Waals surface area (Å²) < 4.78 is 45.1. The lowest BCUT2D eigenvalue weighted by atomic mass is 9.78. The molecule has 2 saturated heterocycles. The summed E-state index contributed by atoms with van der Waals surface area (Å²) in [7, 11) is 0. The van der Waals surface area contributed by atoms with E-state index in [1.165, 1.54) is 12.1 Å². The maximum atomic E-state index is 13.2. The van der Waals surface area contributed by atoms with E-state index in [1.807, 2.05) is 0 Å². The number of benzene rings is 1. The molecule has 0 radical (unpaired) electrons. The molecule has 0 amide bonds. The number of likely N-dealkylation sites (tertiary alicyclic amines) is 1. The van der Waals surface area contributed by atoms with Crippen LogP contribution in [-0.2, 0) is 15.7 Å². The number of piperidine rings is 1. The molecule has 0 aromatic heterocycles. The van der Waals surface area contributed by atoms with Crippen LogP contribution in [0.4, 0.5) is 13.2 Å². The molecule has 4 atom stereocenters. The standard InChI is InChI=1S/C27H40F3NO3/c1-18(2)4-9-24(16-20-11-14-34-15-12-20)31-13-10-22(19(3)26(32)33)17-25(31)21-5-7-23(8-6-21)27(28,29)30/h5-8,18-20,22,24-25H,4,9-17H2,1-3H3,(H,32,33)/t19?,22-,24-,25+/m1/s1. The zero-order valence-corrected chi connectivity index (χ0v) is 20.7. The Kier molecular flexibility index (Phi) is 9.44. The Morgan fingerprint density at radius 1 is 1.09 bits per heavy atom. The van der Waals surface area contributed by atoms with E-state index in [0.717, 1.165) is 63.8 Å². The third-order valence-corrected chi connectivity index (χ3v) is 7.90. The number of aliphatic carboxylic acids is 1. The van der Waals surface area contributed by atoms with E-state index >= 15 is 0 Å². The lowest BCUT2D eigenvalue weighted by molar-refractivity contribution is -0.144. The van der Waals surface area contributed by atoms with Gasteiger partial charge in [0.1, 0.15) is 0 Å². The van der Waals surface area contributed by atoms with Gasteiger partial charge in [-0.1, -0.05) is 32.9 Å². The number of rotatable bonds is 9. The van der Waals surface area contributed by atoms with Crippen molar-refractivity contribution in [2.24, 2.45) is 23.7 Å². The SMILES string of the molecule is CC(C)CC[C@H](CC1CCOCC1)N1CC[C@@H](C(C)C(=O)O)C[C@H]1c1ccc(C(F)(F)F)cc1. The third-order valence-electron chi connectivity index (χ3n) is 7.90. The van der Waals surface area contributed by atoms with E-state index in [1.54, 1.807) is 19.1 Å². The van der Waals surface area contributed by atoms with E-state index in [9.17, 15) is 23.1 Å².